The number of hydrogen-bond acceptors (Lipinski definition) is 6. The van der Waals surface area contributed by atoms with E-state index in [9.17, 15) is 14.4 Å². The lowest BCUT2D eigenvalue weighted by Crippen LogP contribution is -2.59. The monoisotopic (exact) mass is 413 g/mol. The number of Topliss-reactive ketones (excluding diaryl/α,β-unsaturated/α-hetero) is 1. The Morgan fingerprint density at radius 3 is 2.50 bits per heavy atom. The lowest BCUT2D eigenvalue weighted by Gasteiger charge is -2.32. The van der Waals surface area contributed by atoms with Crippen LogP contribution in [0.25, 0.3) is 0 Å². The van der Waals surface area contributed by atoms with Gasteiger partial charge in [0, 0.05) is 33.6 Å². The molecule has 0 aliphatic carbocycles. The van der Waals surface area contributed by atoms with E-state index in [0.29, 0.717) is 17.7 Å². The number of nitrogens with two attached hydrogens (primary N) is 2. The molecule has 0 saturated carbocycles. The molecule has 2 aromatic carbocycles. The topological polar surface area (TPSA) is 106 Å². The van der Waals surface area contributed by atoms with Crippen molar-refractivity contribution in [3.63, 3.8) is 0 Å². The number of likely N-dealkylation sites (N-methyl/N-ethyl adjacent to an activating group) is 1. The Morgan fingerprint density at radius 2 is 1.82 bits per heavy atom. The summed E-state index contributed by atoms with van der Waals surface area (Å²) in [5.41, 5.74) is 13.7. The Bertz CT molecular complexity index is 994. The molecule has 28 heavy (non-hydrogen) atoms. The second-order valence-electron chi connectivity index (χ2n) is 6.88. The van der Waals surface area contributed by atoms with E-state index in [4.69, 9.17) is 11.5 Å². The maximum atomic E-state index is 12.7. The number of rotatable bonds is 3. The second-order valence-corrected chi connectivity index (χ2v) is 9.17. The molecule has 144 valence electrons. The molecular formula is C20H19N3O3S2. The van der Waals surface area contributed by atoms with Crippen LogP contribution in [-0.4, -0.2) is 40.2 Å². The minimum absolute atomic E-state index is 0.0803. The number of nitrogens with zero attached hydrogens (tertiary/aromatic N) is 1. The normalized spacial score (nSPS) is 20.9. The molecule has 1 fully saturated rings. The molecule has 6 nitrogen and oxygen atoms in total. The summed E-state index contributed by atoms with van der Waals surface area (Å²) >= 11 is 2.72. The number of primary amides is 2. The van der Waals surface area contributed by atoms with Gasteiger partial charge in [0.05, 0.1) is 0 Å². The lowest BCUT2D eigenvalue weighted by molar-refractivity contribution is -0.135. The summed E-state index contributed by atoms with van der Waals surface area (Å²) in [6, 6.07) is 13.4. The first-order chi connectivity index (χ1) is 13.3. The molecule has 2 aliphatic heterocycles. The van der Waals surface area contributed by atoms with E-state index in [-0.39, 0.29) is 11.8 Å². The largest absolute Gasteiger partial charge is 0.367 e. The Kier molecular flexibility index (Phi) is 4.73. The summed E-state index contributed by atoms with van der Waals surface area (Å²) in [6.07, 6.45) is 0.376. The Balaban J connectivity index is 1.73. The number of hydrogen-bond donors (Lipinski definition) is 2. The molecule has 8 heteroatoms. The molecule has 0 spiro atoms. The third kappa shape index (κ3) is 2.83. The van der Waals surface area contributed by atoms with Crippen LogP contribution in [0.4, 0.5) is 0 Å². The van der Waals surface area contributed by atoms with Gasteiger partial charge in [0.1, 0.15) is 0 Å². The zero-order valence-corrected chi connectivity index (χ0v) is 16.8. The van der Waals surface area contributed by atoms with E-state index in [1.54, 1.807) is 23.7 Å². The van der Waals surface area contributed by atoms with Gasteiger partial charge < -0.3 is 11.5 Å². The van der Waals surface area contributed by atoms with Crippen molar-refractivity contribution < 1.29 is 14.4 Å². The highest BCUT2D eigenvalue weighted by molar-refractivity contribution is 8.02. The summed E-state index contributed by atoms with van der Waals surface area (Å²) in [6.45, 7) is 0. The van der Waals surface area contributed by atoms with Crippen molar-refractivity contribution >= 4 is 41.1 Å². The molecule has 0 radical (unpaired) electrons. The number of benzene rings is 2. The van der Waals surface area contributed by atoms with Gasteiger partial charge in [-0.1, -0.05) is 36.0 Å². The number of fused-ring (bicyclic) bond motifs is 2. The van der Waals surface area contributed by atoms with E-state index in [1.165, 1.54) is 0 Å². The van der Waals surface area contributed by atoms with Crippen molar-refractivity contribution in [3.8, 4) is 0 Å². The number of thioether (sulfide) groups is 1. The molecule has 2 aliphatic rings. The van der Waals surface area contributed by atoms with Crippen LogP contribution in [0.1, 0.15) is 27.5 Å². The SMILES string of the molecule is CN1C(c2ccc3c(c2)Sc2ccccc2CC3=O)CSC1(C(N)=O)C(N)=O. The molecule has 2 aromatic rings. The number of ketones is 1. The highest BCUT2D eigenvalue weighted by Gasteiger charge is 2.55. The standard InChI is InChI=1S/C20H19N3O3S2/c1-23-14(10-27-20(23,18(21)25)19(22)26)11-6-7-13-15(24)8-12-4-2-3-5-16(12)28-17(13)9-11/h2-7,9,14H,8,10H2,1H3,(H2,21,25)(H2,22,26). The van der Waals surface area contributed by atoms with Crippen LogP contribution in [0.15, 0.2) is 52.3 Å². The second kappa shape index (κ2) is 6.95. The van der Waals surface area contributed by atoms with Gasteiger partial charge in [0.2, 0.25) is 4.87 Å². The van der Waals surface area contributed by atoms with Crippen LogP contribution in [0.3, 0.4) is 0 Å². The molecule has 2 amide bonds. The van der Waals surface area contributed by atoms with Gasteiger partial charge >= 0.3 is 0 Å². The minimum Gasteiger partial charge on any atom is -0.367 e. The molecule has 1 atom stereocenters. The zero-order valence-electron chi connectivity index (χ0n) is 15.2. The first-order valence-corrected chi connectivity index (χ1v) is 10.5. The Hall–Kier alpha value is -2.29. The molecule has 4 rings (SSSR count). The van der Waals surface area contributed by atoms with Crippen molar-refractivity contribution in [3.05, 3.63) is 59.2 Å². The fourth-order valence-electron chi connectivity index (χ4n) is 3.76. The smallest absolute Gasteiger partial charge is 0.258 e. The molecule has 1 unspecified atom stereocenters. The van der Waals surface area contributed by atoms with Crippen LogP contribution < -0.4 is 11.5 Å². The molecule has 0 bridgehead atoms. The summed E-state index contributed by atoms with van der Waals surface area (Å²) < 4.78 is 0. The quantitative estimate of drug-likeness (QED) is 0.745. The van der Waals surface area contributed by atoms with E-state index in [1.807, 2.05) is 42.5 Å². The summed E-state index contributed by atoms with van der Waals surface area (Å²) in [5.74, 6) is -0.945. The summed E-state index contributed by atoms with van der Waals surface area (Å²) in [5, 5.41) is 0. The molecule has 4 N–H and O–H groups in total. The van der Waals surface area contributed by atoms with E-state index in [2.05, 4.69) is 0 Å². The van der Waals surface area contributed by atoms with Gasteiger partial charge in [-0.3, -0.25) is 19.3 Å². The van der Waals surface area contributed by atoms with Crippen molar-refractivity contribution in [2.75, 3.05) is 12.8 Å². The van der Waals surface area contributed by atoms with Gasteiger partial charge in [-0.2, -0.15) is 0 Å². The average molecular weight is 414 g/mol. The number of carbonyl (C=O) groups is 3. The third-order valence-electron chi connectivity index (χ3n) is 5.32. The lowest BCUT2D eigenvalue weighted by atomic mass is 9.99. The minimum atomic E-state index is -1.56. The summed E-state index contributed by atoms with van der Waals surface area (Å²) in [7, 11) is 1.68. The highest BCUT2D eigenvalue weighted by Crippen LogP contribution is 2.46. The van der Waals surface area contributed by atoms with Crippen LogP contribution in [0.5, 0.6) is 0 Å². The van der Waals surface area contributed by atoms with E-state index in [0.717, 1.165) is 32.7 Å². The molecule has 1 saturated heterocycles. The van der Waals surface area contributed by atoms with Crippen molar-refractivity contribution in [2.24, 2.45) is 11.5 Å². The van der Waals surface area contributed by atoms with Gasteiger partial charge in [-0.05, 0) is 36.4 Å². The fourth-order valence-corrected chi connectivity index (χ4v) is 6.33. The van der Waals surface area contributed by atoms with Crippen LogP contribution in [-0.2, 0) is 16.0 Å². The number of carbonyl (C=O) groups excluding carboxylic acids is 3. The van der Waals surface area contributed by atoms with Crippen molar-refractivity contribution in [1.82, 2.24) is 4.90 Å². The average Bonchev–Trinajstić information content (AvgIpc) is 2.94. The molecule has 0 aromatic heterocycles. The fraction of sp³-hybridized carbons (Fsp3) is 0.250. The van der Waals surface area contributed by atoms with Gasteiger partial charge in [-0.15, -0.1) is 11.8 Å². The maximum absolute atomic E-state index is 12.7. The van der Waals surface area contributed by atoms with Crippen LogP contribution in [0.2, 0.25) is 0 Å². The van der Waals surface area contributed by atoms with Crippen molar-refractivity contribution in [1.29, 1.82) is 0 Å². The molecule has 2 heterocycles. The first kappa shape index (κ1) is 19.0. The van der Waals surface area contributed by atoms with Crippen LogP contribution >= 0.6 is 23.5 Å². The van der Waals surface area contributed by atoms with Crippen LogP contribution in [0, 0.1) is 0 Å². The number of amides is 2. The van der Waals surface area contributed by atoms with Gasteiger partial charge in [-0.25, -0.2) is 0 Å². The Morgan fingerprint density at radius 1 is 1.11 bits per heavy atom. The van der Waals surface area contributed by atoms with Gasteiger partial charge in [0.15, 0.2) is 5.78 Å². The Labute approximate surface area is 171 Å². The molecular weight excluding hydrogens is 394 g/mol. The predicted molar refractivity (Wildman–Crippen MR) is 109 cm³/mol. The third-order valence-corrected chi connectivity index (χ3v) is 8.08. The zero-order chi connectivity index (χ0) is 20.1. The van der Waals surface area contributed by atoms with E-state index >= 15 is 0 Å². The highest BCUT2D eigenvalue weighted by atomic mass is 32.2. The van der Waals surface area contributed by atoms with Gasteiger partial charge in [0.25, 0.3) is 11.8 Å². The first-order valence-electron chi connectivity index (χ1n) is 8.74. The maximum Gasteiger partial charge on any atom is 0.258 e. The predicted octanol–water partition coefficient (Wildman–Crippen LogP) is 1.96. The summed E-state index contributed by atoms with van der Waals surface area (Å²) in [4.78, 5) is 38.8. The van der Waals surface area contributed by atoms with E-state index < -0.39 is 16.7 Å². The van der Waals surface area contributed by atoms with Crippen molar-refractivity contribution in [2.45, 2.75) is 27.1 Å².